The first-order valence-electron chi connectivity index (χ1n) is 8.82. The number of amides is 1. The van der Waals surface area contributed by atoms with Gasteiger partial charge < -0.3 is 25.0 Å². The van der Waals surface area contributed by atoms with Crippen molar-refractivity contribution in [1.82, 2.24) is 10.2 Å². The largest absolute Gasteiger partial charge is 0.480 e. The zero-order valence-corrected chi connectivity index (χ0v) is 18.2. The van der Waals surface area contributed by atoms with E-state index in [0.29, 0.717) is 0 Å². The second-order valence-corrected chi connectivity index (χ2v) is 7.61. The summed E-state index contributed by atoms with van der Waals surface area (Å²) in [6.07, 6.45) is 0. The van der Waals surface area contributed by atoms with Crippen molar-refractivity contribution in [2.24, 2.45) is 5.14 Å². The van der Waals surface area contributed by atoms with E-state index in [0.717, 1.165) is 0 Å². The SMILES string of the molecule is NS(=O)(=O)c1ccc(C(=O)NCCOCCOCCN(CC(=O)O)CC(=O)O)cc1.[Cu]. The molecule has 1 rings (SSSR count). The summed E-state index contributed by atoms with van der Waals surface area (Å²) < 4.78 is 32.9. The number of rotatable bonds is 15. The molecule has 0 saturated heterocycles. The normalized spacial score (nSPS) is 11.0. The summed E-state index contributed by atoms with van der Waals surface area (Å²) in [5.74, 6) is -2.64. The van der Waals surface area contributed by atoms with Crippen LogP contribution in [0.4, 0.5) is 0 Å². The first-order chi connectivity index (χ1) is 14.1. The van der Waals surface area contributed by atoms with Crippen molar-refractivity contribution in [3.63, 3.8) is 0 Å². The van der Waals surface area contributed by atoms with Gasteiger partial charge in [0.1, 0.15) is 0 Å². The van der Waals surface area contributed by atoms with E-state index in [2.05, 4.69) is 5.32 Å². The third kappa shape index (κ3) is 13.1. The fourth-order valence-electron chi connectivity index (χ4n) is 2.25. The molecule has 179 valence electrons. The molecule has 1 radical (unpaired) electrons. The minimum Gasteiger partial charge on any atom is -0.480 e. The summed E-state index contributed by atoms with van der Waals surface area (Å²) in [4.78, 5) is 34.4. The van der Waals surface area contributed by atoms with Crippen LogP contribution in [-0.4, -0.2) is 94.0 Å². The molecule has 1 aromatic carbocycles. The molecule has 12 nitrogen and oxygen atoms in total. The Balaban J connectivity index is 0.00000900. The van der Waals surface area contributed by atoms with Crippen molar-refractivity contribution in [1.29, 1.82) is 0 Å². The van der Waals surface area contributed by atoms with Gasteiger partial charge in [0.25, 0.3) is 5.91 Å². The van der Waals surface area contributed by atoms with Crippen LogP contribution in [0.15, 0.2) is 29.2 Å². The van der Waals surface area contributed by atoms with E-state index in [4.69, 9.17) is 24.8 Å². The van der Waals surface area contributed by atoms with E-state index in [1.54, 1.807) is 0 Å². The summed E-state index contributed by atoms with van der Waals surface area (Å²) in [6, 6.07) is 5.18. The van der Waals surface area contributed by atoms with Crippen molar-refractivity contribution in [2.45, 2.75) is 4.90 Å². The van der Waals surface area contributed by atoms with Gasteiger partial charge in [0.2, 0.25) is 10.0 Å². The Kier molecular flexibility index (Phi) is 13.9. The summed E-state index contributed by atoms with van der Waals surface area (Å²) in [6.45, 7) is 0.407. The number of primary sulfonamides is 1. The van der Waals surface area contributed by atoms with Crippen LogP contribution in [0.1, 0.15) is 10.4 Å². The molecule has 0 fully saturated rings. The van der Waals surface area contributed by atoms with E-state index in [1.807, 2.05) is 0 Å². The Morgan fingerprint density at radius 2 is 1.45 bits per heavy atom. The van der Waals surface area contributed by atoms with E-state index >= 15 is 0 Å². The van der Waals surface area contributed by atoms with E-state index < -0.39 is 41.0 Å². The molecule has 0 aliphatic heterocycles. The number of carbonyl (C=O) groups is 3. The van der Waals surface area contributed by atoms with Crippen LogP contribution in [0.5, 0.6) is 0 Å². The molecule has 0 saturated carbocycles. The number of hydrogen-bond acceptors (Lipinski definition) is 8. The Bertz CT molecular complexity index is 803. The average molecular weight is 511 g/mol. The molecule has 0 aliphatic rings. The molecule has 0 unspecified atom stereocenters. The van der Waals surface area contributed by atoms with Crippen molar-refractivity contribution in [3.8, 4) is 0 Å². The molecule has 0 aliphatic carbocycles. The first kappa shape index (κ1) is 28.9. The second kappa shape index (κ2) is 14.9. The number of nitrogens with two attached hydrogens (primary N) is 1. The number of nitrogens with one attached hydrogen (secondary N) is 1. The molecule has 0 heterocycles. The maximum atomic E-state index is 11.9. The third-order valence-corrected chi connectivity index (χ3v) is 4.55. The Morgan fingerprint density at radius 1 is 0.935 bits per heavy atom. The van der Waals surface area contributed by atoms with Crippen molar-refractivity contribution < 1.29 is 59.6 Å². The van der Waals surface area contributed by atoms with Crippen molar-refractivity contribution in [3.05, 3.63) is 29.8 Å². The average Bonchev–Trinajstić information content (AvgIpc) is 2.64. The number of carbonyl (C=O) groups excluding carboxylic acids is 1. The number of ether oxygens (including phenoxy) is 2. The van der Waals surface area contributed by atoms with Crippen LogP contribution < -0.4 is 10.5 Å². The van der Waals surface area contributed by atoms with Crippen LogP contribution in [0.3, 0.4) is 0 Å². The van der Waals surface area contributed by atoms with Gasteiger partial charge >= 0.3 is 11.9 Å². The van der Waals surface area contributed by atoms with Crippen molar-refractivity contribution >= 4 is 27.9 Å². The number of aliphatic carboxylic acids is 2. The van der Waals surface area contributed by atoms with E-state index in [-0.39, 0.29) is 67.0 Å². The van der Waals surface area contributed by atoms with Gasteiger partial charge in [0.15, 0.2) is 0 Å². The third-order valence-electron chi connectivity index (χ3n) is 3.62. The first-order valence-corrected chi connectivity index (χ1v) is 10.4. The molecule has 5 N–H and O–H groups in total. The number of nitrogens with zero attached hydrogens (tertiary/aromatic N) is 1. The predicted molar refractivity (Wildman–Crippen MR) is 103 cm³/mol. The summed E-state index contributed by atoms with van der Waals surface area (Å²) in [5.41, 5.74) is 0.276. The molecule has 0 atom stereocenters. The fraction of sp³-hybridized carbons (Fsp3) is 0.471. The fourth-order valence-corrected chi connectivity index (χ4v) is 2.76. The van der Waals surface area contributed by atoms with Gasteiger partial charge in [-0.2, -0.15) is 0 Å². The van der Waals surface area contributed by atoms with Crippen LogP contribution in [0, 0.1) is 0 Å². The maximum Gasteiger partial charge on any atom is 0.317 e. The molecule has 0 spiro atoms. The van der Waals surface area contributed by atoms with E-state index in [9.17, 15) is 22.8 Å². The van der Waals surface area contributed by atoms with Gasteiger partial charge in [-0.1, -0.05) is 0 Å². The Hall–Kier alpha value is -2.06. The zero-order valence-electron chi connectivity index (χ0n) is 16.5. The van der Waals surface area contributed by atoms with Crippen LogP contribution in [0.25, 0.3) is 0 Å². The number of sulfonamides is 1. The van der Waals surface area contributed by atoms with E-state index in [1.165, 1.54) is 29.2 Å². The molecule has 0 aromatic heterocycles. The van der Waals surface area contributed by atoms with Crippen LogP contribution in [0.2, 0.25) is 0 Å². The monoisotopic (exact) mass is 510 g/mol. The zero-order chi connectivity index (χ0) is 22.6. The quantitative estimate of drug-likeness (QED) is 0.161. The summed E-state index contributed by atoms with van der Waals surface area (Å²) >= 11 is 0. The summed E-state index contributed by atoms with van der Waals surface area (Å²) in [5, 5.41) is 25.0. The topological polar surface area (TPSA) is 186 Å². The molecule has 31 heavy (non-hydrogen) atoms. The molecule has 14 heteroatoms. The second-order valence-electron chi connectivity index (χ2n) is 6.05. The smallest absolute Gasteiger partial charge is 0.317 e. The Morgan fingerprint density at radius 3 is 1.94 bits per heavy atom. The Labute approximate surface area is 190 Å². The van der Waals surface area contributed by atoms with Gasteiger partial charge in [-0.15, -0.1) is 0 Å². The molecular formula is C17H25CuN3O9S. The molecular weight excluding hydrogens is 486 g/mol. The predicted octanol–water partition coefficient (Wildman–Crippen LogP) is -1.43. The van der Waals surface area contributed by atoms with Gasteiger partial charge in [-0.3, -0.25) is 19.3 Å². The molecule has 1 aromatic rings. The van der Waals surface area contributed by atoms with Gasteiger partial charge in [-0.25, -0.2) is 13.6 Å². The van der Waals surface area contributed by atoms with Crippen LogP contribution >= 0.6 is 0 Å². The molecule has 0 bridgehead atoms. The standard InChI is InChI=1S/C17H25N3O9S.Cu/c18-30(26,27)14-3-1-13(2-4-14)17(25)19-5-7-28-9-10-29-8-6-20(11-15(21)22)12-16(23)24;/h1-4H,5-12H2,(H,19,25)(H,21,22)(H,23,24)(H2,18,26,27);. The van der Waals surface area contributed by atoms with Crippen LogP contribution in [-0.2, 0) is 46.2 Å². The van der Waals surface area contributed by atoms with Crippen molar-refractivity contribution in [2.75, 3.05) is 52.6 Å². The van der Waals surface area contributed by atoms with Gasteiger partial charge in [-0.05, 0) is 24.3 Å². The maximum absolute atomic E-state index is 11.9. The van der Waals surface area contributed by atoms with Gasteiger partial charge in [0, 0.05) is 35.7 Å². The molecule has 1 amide bonds. The number of hydrogen-bond donors (Lipinski definition) is 4. The number of carboxylic acid groups (broad SMARTS) is 2. The minimum absolute atomic E-state index is 0. The number of carboxylic acids is 2. The number of benzene rings is 1. The minimum atomic E-state index is -3.81. The van der Waals surface area contributed by atoms with Gasteiger partial charge in [0.05, 0.1) is 44.4 Å². The summed E-state index contributed by atoms with van der Waals surface area (Å²) in [7, 11) is -3.81.